The minimum Gasteiger partial charge on any atom is -0.345 e. The molecule has 37 heavy (non-hydrogen) atoms. The quantitative estimate of drug-likeness (QED) is 0.487. The van der Waals surface area contributed by atoms with Crippen LogP contribution >= 0.6 is 0 Å². The van der Waals surface area contributed by atoms with Crippen LogP contribution in [-0.2, 0) is 16.1 Å². The standard InChI is InChI=1S/C25H33N9O3/c1-15(2)20-23-28-22(18-9-6-5-7-10-18)31-34(23)14-13-33(25(37)21-16(3)29-32-30-21)12-8-11-19(35)26-17(4)24(36)27-20/h5-7,9-10,15,17,20H,8,11-14H2,1-4H3,(H,26,35)(H,27,36)(H,29,30,32)/t17-,20+/m1/s1. The van der Waals surface area contributed by atoms with Crippen molar-refractivity contribution in [3.8, 4) is 11.4 Å². The van der Waals surface area contributed by atoms with E-state index in [0.29, 0.717) is 43.4 Å². The van der Waals surface area contributed by atoms with E-state index in [0.717, 1.165) is 5.56 Å². The lowest BCUT2D eigenvalue weighted by atomic mass is 10.0. The molecule has 2 atom stereocenters. The number of aromatic amines is 1. The van der Waals surface area contributed by atoms with Crippen molar-refractivity contribution in [1.82, 2.24) is 45.7 Å². The summed E-state index contributed by atoms with van der Waals surface area (Å²) in [6.45, 7) is 8.34. The molecule has 0 saturated heterocycles. The van der Waals surface area contributed by atoms with Crippen LogP contribution in [0, 0.1) is 12.8 Å². The number of nitrogens with one attached hydrogen (secondary N) is 3. The van der Waals surface area contributed by atoms with Crippen molar-refractivity contribution in [2.45, 2.75) is 59.2 Å². The lowest BCUT2D eigenvalue weighted by Crippen LogP contribution is -2.47. The third-order valence-electron chi connectivity index (χ3n) is 6.37. The molecule has 0 saturated carbocycles. The van der Waals surface area contributed by atoms with Gasteiger partial charge in [0.15, 0.2) is 17.3 Å². The molecule has 196 valence electrons. The summed E-state index contributed by atoms with van der Waals surface area (Å²) in [6, 6.07) is 8.42. The molecule has 2 aromatic heterocycles. The van der Waals surface area contributed by atoms with Gasteiger partial charge in [0.1, 0.15) is 6.04 Å². The average Bonchev–Trinajstić information content (AvgIpc) is 3.50. The van der Waals surface area contributed by atoms with Crippen molar-refractivity contribution >= 4 is 17.7 Å². The predicted octanol–water partition coefficient (Wildman–Crippen LogP) is 1.63. The number of rotatable bonds is 3. The van der Waals surface area contributed by atoms with E-state index >= 15 is 0 Å². The molecule has 1 aliphatic rings. The molecule has 4 rings (SSSR count). The first kappa shape index (κ1) is 26.0. The van der Waals surface area contributed by atoms with Gasteiger partial charge in [-0.1, -0.05) is 44.2 Å². The Morgan fingerprint density at radius 3 is 2.49 bits per heavy atom. The first-order chi connectivity index (χ1) is 17.7. The molecule has 3 aromatic rings. The van der Waals surface area contributed by atoms with Gasteiger partial charge in [-0.2, -0.15) is 20.5 Å². The summed E-state index contributed by atoms with van der Waals surface area (Å²) in [7, 11) is 0. The van der Waals surface area contributed by atoms with Crippen LogP contribution in [0.2, 0.25) is 0 Å². The van der Waals surface area contributed by atoms with Crippen LogP contribution in [-0.4, -0.2) is 71.9 Å². The second-order valence-corrected chi connectivity index (χ2v) is 9.56. The number of hydrogen-bond acceptors (Lipinski definition) is 7. The molecule has 3 amide bonds. The zero-order chi connectivity index (χ0) is 26.5. The molecule has 0 spiro atoms. The Labute approximate surface area is 215 Å². The lowest BCUT2D eigenvalue weighted by Gasteiger charge is -2.26. The van der Waals surface area contributed by atoms with E-state index in [9.17, 15) is 14.4 Å². The summed E-state index contributed by atoms with van der Waals surface area (Å²) in [5.74, 6) is 0.292. The Morgan fingerprint density at radius 1 is 1.05 bits per heavy atom. The van der Waals surface area contributed by atoms with Gasteiger partial charge in [0.2, 0.25) is 11.8 Å². The normalized spacial score (nSPS) is 19.6. The van der Waals surface area contributed by atoms with Crippen molar-refractivity contribution in [2.75, 3.05) is 13.1 Å². The van der Waals surface area contributed by atoms with E-state index in [2.05, 4.69) is 26.0 Å². The number of amides is 3. The molecular weight excluding hydrogens is 474 g/mol. The second kappa shape index (κ2) is 11.3. The van der Waals surface area contributed by atoms with Crippen LogP contribution in [0.3, 0.4) is 0 Å². The van der Waals surface area contributed by atoms with Gasteiger partial charge >= 0.3 is 0 Å². The molecule has 12 heteroatoms. The number of carbonyl (C=O) groups is 3. The molecule has 1 aliphatic heterocycles. The third kappa shape index (κ3) is 6.01. The fraction of sp³-hybridized carbons (Fsp3) is 0.480. The minimum absolute atomic E-state index is 0.0122. The van der Waals surface area contributed by atoms with Gasteiger partial charge in [0.25, 0.3) is 5.91 Å². The number of hydrogen-bond donors (Lipinski definition) is 3. The third-order valence-corrected chi connectivity index (χ3v) is 6.37. The van der Waals surface area contributed by atoms with Gasteiger partial charge in [0.05, 0.1) is 18.3 Å². The first-order valence-electron chi connectivity index (χ1n) is 12.5. The Bertz CT molecular complexity index is 1250. The van der Waals surface area contributed by atoms with Gasteiger partial charge in [-0.25, -0.2) is 9.67 Å². The fourth-order valence-corrected chi connectivity index (χ4v) is 4.24. The fourth-order valence-electron chi connectivity index (χ4n) is 4.24. The molecule has 0 fully saturated rings. The number of aryl methyl sites for hydroxylation is 1. The maximum atomic E-state index is 13.3. The van der Waals surface area contributed by atoms with Crippen LogP contribution in [0.5, 0.6) is 0 Å². The Morgan fingerprint density at radius 2 is 1.81 bits per heavy atom. The molecule has 0 aliphatic carbocycles. The van der Waals surface area contributed by atoms with Crippen LogP contribution in [0.15, 0.2) is 30.3 Å². The SMILES string of the molecule is Cc1n[nH]nc1C(=O)N1CCCC(=O)N[C@H](C)C(=O)N[C@@H](C(C)C)c2nc(-c3ccccc3)nn2CC1. The second-order valence-electron chi connectivity index (χ2n) is 9.56. The summed E-state index contributed by atoms with van der Waals surface area (Å²) < 4.78 is 1.76. The van der Waals surface area contributed by atoms with Gasteiger partial charge in [-0.05, 0) is 26.2 Å². The number of fused-ring (bicyclic) bond motifs is 1. The molecule has 3 N–H and O–H groups in total. The Balaban J connectivity index is 1.73. The zero-order valence-corrected chi connectivity index (χ0v) is 21.6. The molecule has 0 unspecified atom stereocenters. The highest BCUT2D eigenvalue weighted by atomic mass is 16.2. The van der Waals surface area contributed by atoms with Gasteiger partial charge < -0.3 is 15.5 Å². The average molecular weight is 508 g/mol. The Kier molecular flexibility index (Phi) is 7.95. The molecule has 3 heterocycles. The zero-order valence-electron chi connectivity index (χ0n) is 21.6. The maximum absolute atomic E-state index is 13.3. The molecule has 1 aromatic carbocycles. The predicted molar refractivity (Wildman–Crippen MR) is 135 cm³/mol. The van der Waals surface area contributed by atoms with E-state index < -0.39 is 12.1 Å². The van der Waals surface area contributed by atoms with E-state index in [1.807, 2.05) is 44.2 Å². The molecule has 12 nitrogen and oxygen atoms in total. The van der Waals surface area contributed by atoms with Crippen molar-refractivity contribution in [1.29, 1.82) is 0 Å². The van der Waals surface area contributed by atoms with Crippen LogP contribution < -0.4 is 10.6 Å². The lowest BCUT2D eigenvalue weighted by molar-refractivity contribution is -0.129. The minimum atomic E-state index is -0.725. The number of benzene rings is 1. The maximum Gasteiger partial charge on any atom is 0.276 e. The van der Waals surface area contributed by atoms with E-state index in [-0.39, 0.29) is 35.8 Å². The topological polar surface area (TPSA) is 151 Å². The van der Waals surface area contributed by atoms with Crippen LogP contribution in [0.4, 0.5) is 0 Å². The Hall–Kier alpha value is -4.09. The summed E-state index contributed by atoms with van der Waals surface area (Å²) in [5.41, 5.74) is 1.60. The van der Waals surface area contributed by atoms with Crippen molar-refractivity contribution < 1.29 is 14.4 Å². The summed E-state index contributed by atoms with van der Waals surface area (Å²) in [5, 5.41) is 21.0. The van der Waals surface area contributed by atoms with Crippen LogP contribution in [0.25, 0.3) is 11.4 Å². The van der Waals surface area contributed by atoms with E-state index in [4.69, 9.17) is 10.1 Å². The highest BCUT2D eigenvalue weighted by Gasteiger charge is 2.29. The largest absolute Gasteiger partial charge is 0.345 e. The highest BCUT2D eigenvalue weighted by Crippen LogP contribution is 2.24. The molecular formula is C25H33N9O3. The molecule has 0 radical (unpaired) electrons. The number of nitrogens with zero attached hydrogens (tertiary/aromatic N) is 6. The van der Waals surface area contributed by atoms with Gasteiger partial charge in [0, 0.05) is 25.1 Å². The van der Waals surface area contributed by atoms with Crippen LogP contribution in [0.1, 0.15) is 61.7 Å². The van der Waals surface area contributed by atoms with Crippen molar-refractivity contribution in [2.24, 2.45) is 5.92 Å². The van der Waals surface area contributed by atoms with Gasteiger partial charge in [-0.3, -0.25) is 14.4 Å². The number of carbonyl (C=O) groups excluding carboxylic acids is 3. The summed E-state index contributed by atoms with van der Waals surface area (Å²) >= 11 is 0. The summed E-state index contributed by atoms with van der Waals surface area (Å²) in [6.07, 6.45) is 0.608. The highest BCUT2D eigenvalue weighted by molar-refractivity contribution is 5.93. The van der Waals surface area contributed by atoms with Crippen molar-refractivity contribution in [3.63, 3.8) is 0 Å². The van der Waals surface area contributed by atoms with E-state index in [1.165, 1.54) is 0 Å². The van der Waals surface area contributed by atoms with Crippen molar-refractivity contribution in [3.05, 3.63) is 47.5 Å². The number of H-pyrrole nitrogens is 1. The smallest absolute Gasteiger partial charge is 0.276 e. The van der Waals surface area contributed by atoms with Gasteiger partial charge in [-0.15, -0.1) is 0 Å². The monoisotopic (exact) mass is 507 g/mol. The number of aromatic nitrogens is 6. The first-order valence-corrected chi connectivity index (χ1v) is 12.5. The molecule has 0 bridgehead atoms. The summed E-state index contributed by atoms with van der Waals surface area (Å²) in [4.78, 5) is 45.3. The van der Waals surface area contributed by atoms with E-state index in [1.54, 1.807) is 23.4 Å².